The molecule has 0 aromatic carbocycles. The van der Waals surface area contributed by atoms with Gasteiger partial charge in [-0.3, -0.25) is 9.59 Å². The van der Waals surface area contributed by atoms with E-state index in [1.165, 1.54) is 11.5 Å². The number of carbonyl (C=O) groups excluding carboxylic acids is 2. The van der Waals surface area contributed by atoms with E-state index in [0.29, 0.717) is 38.5 Å². The molecule has 154 valence electrons. The van der Waals surface area contributed by atoms with Crippen LogP contribution in [0.2, 0.25) is 0 Å². The summed E-state index contributed by atoms with van der Waals surface area (Å²) in [4.78, 5) is 36.0. The van der Waals surface area contributed by atoms with Crippen molar-refractivity contribution in [1.29, 1.82) is 0 Å². The van der Waals surface area contributed by atoms with Crippen molar-refractivity contribution < 1.29 is 14.3 Å². The molecule has 3 aliphatic heterocycles. The van der Waals surface area contributed by atoms with E-state index in [9.17, 15) is 9.59 Å². The molecular formula is C18H28N6O3S. The smallest absolute Gasteiger partial charge is 0.239 e. The van der Waals surface area contributed by atoms with Gasteiger partial charge >= 0.3 is 0 Å². The van der Waals surface area contributed by atoms with E-state index in [0.717, 1.165) is 44.2 Å². The van der Waals surface area contributed by atoms with Gasteiger partial charge in [0, 0.05) is 64.5 Å². The van der Waals surface area contributed by atoms with Crippen molar-refractivity contribution in [3.63, 3.8) is 0 Å². The maximum absolute atomic E-state index is 12.9. The fourth-order valence-electron chi connectivity index (χ4n) is 4.21. The summed E-state index contributed by atoms with van der Waals surface area (Å²) in [6.07, 6.45) is 2.80. The Morgan fingerprint density at radius 1 is 1.11 bits per heavy atom. The van der Waals surface area contributed by atoms with Crippen molar-refractivity contribution in [3.05, 3.63) is 5.82 Å². The van der Waals surface area contributed by atoms with E-state index in [1.807, 2.05) is 9.80 Å². The summed E-state index contributed by atoms with van der Waals surface area (Å²) in [7, 11) is 1.63. The van der Waals surface area contributed by atoms with Gasteiger partial charge in [0.15, 0.2) is 5.82 Å². The minimum atomic E-state index is -0.200. The number of hydrogen-bond donors (Lipinski definition) is 1. The lowest BCUT2D eigenvalue weighted by molar-refractivity contribution is -0.135. The summed E-state index contributed by atoms with van der Waals surface area (Å²) in [6, 6.07) is -0.200. The molecule has 1 N–H and O–H groups in total. The van der Waals surface area contributed by atoms with Crippen molar-refractivity contribution in [2.75, 3.05) is 57.8 Å². The fourth-order valence-corrected chi connectivity index (χ4v) is 4.93. The zero-order chi connectivity index (χ0) is 19.5. The normalized spacial score (nSPS) is 25.5. The lowest BCUT2D eigenvalue weighted by Crippen LogP contribution is -2.50. The summed E-state index contributed by atoms with van der Waals surface area (Å²) < 4.78 is 9.36. The molecule has 3 aliphatic rings. The van der Waals surface area contributed by atoms with Gasteiger partial charge in [0.25, 0.3) is 0 Å². The number of amides is 2. The van der Waals surface area contributed by atoms with Gasteiger partial charge in [-0.15, -0.1) is 0 Å². The molecule has 0 radical (unpaired) electrons. The van der Waals surface area contributed by atoms with E-state index in [1.54, 1.807) is 7.11 Å². The van der Waals surface area contributed by atoms with Crippen molar-refractivity contribution in [1.82, 2.24) is 24.5 Å². The molecule has 2 atom stereocenters. The van der Waals surface area contributed by atoms with Crippen molar-refractivity contribution in [2.45, 2.75) is 31.9 Å². The predicted octanol–water partition coefficient (Wildman–Crippen LogP) is -0.0664. The Morgan fingerprint density at radius 2 is 1.82 bits per heavy atom. The van der Waals surface area contributed by atoms with Gasteiger partial charge < -0.3 is 24.8 Å². The Balaban J connectivity index is 1.26. The number of hydrogen-bond acceptors (Lipinski definition) is 8. The van der Waals surface area contributed by atoms with Crippen LogP contribution in [0.3, 0.4) is 0 Å². The molecule has 9 nitrogen and oxygen atoms in total. The van der Waals surface area contributed by atoms with Crippen LogP contribution >= 0.6 is 11.5 Å². The SMILES string of the molecule is COCc1nsc(N2CCN(C(=O)[C@@H]3CN[C@H](C(=O)N4CCCC4)C3)CC2)n1. The Labute approximate surface area is 169 Å². The van der Waals surface area contributed by atoms with Gasteiger partial charge in [-0.2, -0.15) is 4.37 Å². The van der Waals surface area contributed by atoms with Gasteiger partial charge in [0.1, 0.15) is 6.61 Å². The standard InChI is InChI=1S/C18H28N6O3S/c1-27-12-15-20-18(28-21-15)24-8-6-23(7-9-24)16(25)13-10-14(19-11-13)17(26)22-4-2-3-5-22/h13-14,19H,2-12H2,1H3/t13-,14-/m0/s1. The summed E-state index contributed by atoms with van der Waals surface area (Å²) >= 11 is 1.38. The first-order valence-electron chi connectivity index (χ1n) is 10.0. The first kappa shape index (κ1) is 19.5. The summed E-state index contributed by atoms with van der Waals surface area (Å²) in [5.41, 5.74) is 0. The molecule has 0 unspecified atom stereocenters. The highest BCUT2D eigenvalue weighted by Crippen LogP contribution is 2.23. The molecule has 2 amide bonds. The number of methoxy groups -OCH3 is 1. The Kier molecular flexibility index (Phi) is 6.07. The molecule has 1 aromatic heterocycles. The molecule has 0 bridgehead atoms. The van der Waals surface area contributed by atoms with Crippen LogP contribution in [0.1, 0.15) is 25.1 Å². The third kappa shape index (κ3) is 4.13. The molecule has 3 fully saturated rings. The van der Waals surface area contributed by atoms with E-state index in [2.05, 4.69) is 19.6 Å². The van der Waals surface area contributed by atoms with E-state index in [-0.39, 0.29) is 23.8 Å². The number of anilines is 1. The molecule has 28 heavy (non-hydrogen) atoms. The zero-order valence-corrected chi connectivity index (χ0v) is 17.1. The average Bonchev–Trinajstić information content (AvgIpc) is 3.49. The van der Waals surface area contributed by atoms with Crippen LogP contribution in [-0.2, 0) is 20.9 Å². The minimum absolute atomic E-state index is 0.0991. The van der Waals surface area contributed by atoms with Crippen LogP contribution in [0.5, 0.6) is 0 Å². The van der Waals surface area contributed by atoms with E-state index < -0.39 is 0 Å². The van der Waals surface area contributed by atoms with Gasteiger partial charge in [-0.1, -0.05) is 0 Å². The highest BCUT2D eigenvalue weighted by molar-refractivity contribution is 7.09. The first-order valence-corrected chi connectivity index (χ1v) is 10.8. The van der Waals surface area contributed by atoms with Gasteiger partial charge in [-0.05, 0) is 19.3 Å². The lowest BCUT2D eigenvalue weighted by Gasteiger charge is -2.35. The number of aromatic nitrogens is 2. The molecule has 1 aromatic rings. The number of likely N-dealkylation sites (tertiary alicyclic amines) is 1. The predicted molar refractivity (Wildman–Crippen MR) is 105 cm³/mol. The van der Waals surface area contributed by atoms with Crippen LogP contribution in [0, 0.1) is 5.92 Å². The van der Waals surface area contributed by atoms with Crippen LogP contribution < -0.4 is 10.2 Å². The van der Waals surface area contributed by atoms with Gasteiger partial charge in [-0.25, -0.2) is 4.98 Å². The van der Waals surface area contributed by atoms with Crippen molar-refractivity contribution >= 4 is 28.5 Å². The molecule has 0 spiro atoms. The second-order valence-corrected chi connectivity index (χ2v) is 8.39. The minimum Gasteiger partial charge on any atom is -0.377 e. The second kappa shape index (κ2) is 8.71. The molecular weight excluding hydrogens is 380 g/mol. The van der Waals surface area contributed by atoms with Gasteiger partial charge in [0.05, 0.1) is 12.0 Å². The first-order chi connectivity index (χ1) is 13.7. The maximum Gasteiger partial charge on any atom is 0.239 e. The van der Waals surface area contributed by atoms with Crippen LogP contribution in [0.15, 0.2) is 0 Å². The lowest BCUT2D eigenvalue weighted by atomic mass is 10.0. The quantitative estimate of drug-likeness (QED) is 0.729. The Hall–Kier alpha value is -1.78. The topological polar surface area (TPSA) is 90.9 Å². The largest absolute Gasteiger partial charge is 0.377 e. The van der Waals surface area contributed by atoms with E-state index >= 15 is 0 Å². The number of piperazine rings is 1. The van der Waals surface area contributed by atoms with E-state index in [4.69, 9.17) is 4.74 Å². The Bertz CT molecular complexity index is 699. The molecule has 0 aliphatic carbocycles. The highest BCUT2D eigenvalue weighted by atomic mass is 32.1. The van der Waals surface area contributed by atoms with Crippen LogP contribution in [0.4, 0.5) is 5.13 Å². The number of carbonyl (C=O) groups is 2. The maximum atomic E-state index is 12.9. The third-order valence-corrected chi connectivity index (χ3v) is 6.60. The zero-order valence-electron chi connectivity index (χ0n) is 16.3. The van der Waals surface area contributed by atoms with Crippen molar-refractivity contribution in [3.8, 4) is 0 Å². The number of rotatable bonds is 5. The summed E-state index contributed by atoms with van der Waals surface area (Å²) in [5, 5.41) is 4.16. The average molecular weight is 409 g/mol. The number of nitrogens with zero attached hydrogens (tertiary/aromatic N) is 5. The van der Waals surface area contributed by atoms with Crippen LogP contribution in [-0.4, -0.2) is 89.9 Å². The molecule has 4 heterocycles. The van der Waals surface area contributed by atoms with Crippen LogP contribution in [0.25, 0.3) is 0 Å². The number of ether oxygens (including phenoxy) is 1. The fraction of sp³-hybridized carbons (Fsp3) is 0.778. The summed E-state index contributed by atoms with van der Waals surface area (Å²) in [5.74, 6) is 0.937. The summed E-state index contributed by atoms with van der Waals surface area (Å²) in [6.45, 7) is 5.59. The molecule has 4 rings (SSSR count). The molecule has 10 heteroatoms. The third-order valence-electron chi connectivity index (χ3n) is 5.79. The molecule has 3 saturated heterocycles. The Morgan fingerprint density at radius 3 is 2.54 bits per heavy atom. The second-order valence-electron chi connectivity index (χ2n) is 7.66. The molecule has 0 saturated carbocycles. The van der Waals surface area contributed by atoms with Gasteiger partial charge in [0.2, 0.25) is 16.9 Å². The number of nitrogens with one attached hydrogen (secondary N) is 1. The van der Waals surface area contributed by atoms with Crippen molar-refractivity contribution in [2.24, 2.45) is 5.92 Å². The highest BCUT2D eigenvalue weighted by Gasteiger charge is 2.38. The monoisotopic (exact) mass is 408 g/mol.